The highest BCUT2D eigenvalue weighted by Gasteiger charge is 2.23. The summed E-state index contributed by atoms with van der Waals surface area (Å²) in [6.45, 7) is 0. The van der Waals surface area contributed by atoms with Crippen LogP contribution in [0.25, 0.3) is 0 Å². The number of nitrogens with one attached hydrogen (secondary N) is 2. The molecule has 0 spiro atoms. The molecule has 1 heterocycles. The summed E-state index contributed by atoms with van der Waals surface area (Å²) >= 11 is 0. The molecule has 0 bridgehead atoms. The van der Waals surface area contributed by atoms with Gasteiger partial charge in [-0.15, -0.1) is 0 Å². The molecule has 0 unspecified atom stereocenters. The van der Waals surface area contributed by atoms with Crippen LogP contribution in [0.2, 0.25) is 0 Å². The first kappa shape index (κ1) is 13.5. The van der Waals surface area contributed by atoms with Gasteiger partial charge in [0.2, 0.25) is 0 Å². The van der Waals surface area contributed by atoms with Gasteiger partial charge in [-0.1, -0.05) is 0 Å². The highest BCUT2D eigenvalue weighted by Crippen LogP contribution is 2.30. The molecule has 0 radical (unpaired) electrons. The van der Waals surface area contributed by atoms with Crippen molar-refractivity contribution in [1.29, 1.82) is 0 Å². The highest BCUT2D eigenvalue weighted by atomic mass is 16.5. The van der Waals surface area contributed by atoms with Gasteiger partial charge in [-0.25, -0.2) is 0 Å². The Bertz CT molecular complexity index is 679. The Kier molecular flexibility index (Phi) is 3.51. The van der Waals surface area contributed by atoms with Crippen LogP contribution in [0, 0.1) is 0 Å². The molecule has 0 saturated heterocycles. The Labute approximate surface area is 122 Å². The van der Waals surface area contributed by atoms with Crippen molar-refractivity contribution in [2.75, 3.05) is 19.5 Å². The van der Waals surface area contributed by atoms with Gasteiger partial charge in [0.1, 0.15) is 11.5 Å². The van der Waals surface area contributed by atoms with Gasteiger partial charge >= 0.3 is 0 Å². The molecule has 6 heteroatoms. The number of hydrogen-bond acceptors (Lipinski definition) is 4. The predicted octanol–water partition coefficient (Wildman–Crippen LogP) is 2.17. The van der Waals surface area contributed by atoms with Crippen molar-refractivity contribution in [2.24, 2.45) is 0 Å². The van der Waals surface area contributed by atoms with Crippen molar-refractivity contribution >= 4 is 11.6 Å². The Morgan fingerprint density at radius 2 is 2.14 bits per heavy atom. The summed E-state index contributed by atoms with van der Waals surface area (Å²) < 4.78 is 10.4. The first-order valence-corrected chi connectivity index (χ1v) is 6.82. The van der Waals surface area contributed by atoms with Crippen LogP contribution in [0.5, 0.6) is 11.5 Å². The van der Waals surface area contributed by atoms with Crippen LogP contribution in [0.15, 0.2) is 18.2 Å². The number of carbonyl (C=O) groups is 1. The molecule has 1 aromatic carbocycles. The molecule has 2 aromatic rings. The standard InChI is InChI=1S/C15H17N3O3/c1-20-9-6-7-12(13(8-9)21-2)16-15(19)14-10-4-3-5-11(10)17-18-14/h6-8H,3-5H2,1-2H3,(H,16,19)(H,17,18). The van der Waals surface area contributed by atoms with E-state index < -0.39 is 0 Å². The molecule has 110 valence electrons. The number of amides is 1. The van der Waals surface area contributed by atoms with E-state index in [4.69, 9.17) is 9.47 Å². The number of benzene rings is 1. The second-order valence-corrected chi connectivity index (χ2v) is 4.90. The lowest BCUT2D eigenvalue weighted by Crippen LogP contribution is -2.15. The number of nitrogens with zero attached hydrogens (tertiary/aromatic N) is 1. The topological polar surface area (TPSA) is 76.2 Å². The van der Waals surface area contributed by atoms with Gasteiger partial charge in [-0.2, -0.15) is 5.10 Å². The lowest BCUT2D eigenvalue weighted by Gasteiger charge is -2.11. The number of hydrogen-bond donors (Lipinski definition) is 2. The first-order chi connectivity index (χ1) is 10.2. The zero-order valence-electron chi connectivity index (χ0n) is 12.0. The number of ether oxygens (including phenoxy) is 2. The van der Waals surface area contributed by atoms with Gasteiger partial charge in [-0.05, 0) is 31.4 Å². The summed E-state index contributed by atoms with van der Waals surface area (Å²) in [6, 6.07) is 5.25. The maximum atomic E-state index is 12.4. The zero-order valence-corrected chi connectivity index (χ0v) is 12.0. The Hall–Kier alpha value is -2.50. The van der Waals surface area contributed by atoms with E-state index in [9.17, 15) is 4.79 Å². The van der Waals surface area contributed by atoms with Crippen LogP contribution in [0.1, 0.15) is 28.2 Å². The van der Waals surface area contributed by atoms with Crippen molar-refractivity contribution in [1.82, 2.24) is 10.2 Å². The molecule has 21 heavy (non-hydrogen) atoms. The number of aromatic amines is 1. The molecule has 3 rings (SSSR count). The summed E-state index contributed by atoms with van der Waals surface area (Å²) in [4.78, 5) is 12.4. The summed E-state index contributed by atoms with van der Waals surface area (Å²) in [6.07, 6.45) is 2.92. The van der Waals surface area contributed by atoms with Crippen LogP contribution in [-0.4, -0.2) is 30.3 Å². The average molecular weight is 287 g/mol. The fourth-order valence-corrected chi connectivity index (χ4v) is 2.59. The average Bonchev–Trinajstić information content (AvgIpc) is 3.10. The fourth-order valence-electron chi connectivity index (χ4n) is 2.59. The monoisotopic (exact) mass is 287 g/mol. The van der Waals surface area contributed by atoms with E-state index in [-0.39, 0.29) is 5.91 Å². The molecule has 1 amide bonds. The zero-order chi connectivity index (χ0) is 14.8. The summed E-state index contributed by atoms with van der Waals surface area (Å²) in [5.41, 5.74) is 3.17. The molecular formula is C15H17N3O3. The summed E-state index contributed by atoms with van der Waals surface area (Å²) in [5, 5.41) is 9.90. The van der Waals surface area contributed by atoms with Crippen molar-refractivity contribution in [3.8, 4) is 11.5 Å². The summed E-state index contributed by atoms with van der Waals surface area (Å²) in [7, 11) is 3.14. The number of methoxy groups -OCH3 is 2. The van der Waals surface area contributed by atoms with E-state index in [0.717, 1.165) is 30.5 Å². The number of anilines is 1. The van der Waals surface area contributed by atoms with Crippen molar-refractivity contribution in [2.45, 2.75) is 19.3 Å². The van der Waals surface area contributed by atoms with E-state index in [2.05, 4.69) is 15.5 Å². The van der Waals surface area contributed by atoms with E-state index in [1.165, 1.54) is 0 Å². The first-order valence-electron chi connectivity index (χ1n) is 6.82. The van der Waals surface area contributed by atoms with Gasteiger partial charge in [0, 0.05) is 17.3 Å². The molecule has 1 aliphatic rings. The normalized spacial score (nSPS) is 12.9. The lowest BCUT2D eigenvalue weighted by molar-refractivity contribution is 0.102. The third-order valence-electron chi connectivity index (χ3n) is 3.68. The third kappa shape index (κ3) is 2.44. The number of rotatable bonds is 4. The SMILES string of the molecule is COc1ccc(NC(=O)c2n[nH]c3c2CCC3)c(OC)c1. The van der Waals surface area contributed by atoms with E-state index in [1.54, 1.807) is 32.4 Å². The minimum Gasteiger partial charge on any atom is -0.497 e. The Morgan fingerprint density at radius 1 is 1.29 bits per heavy atom. The Morgan fingerprint density at radius 3 is 2.90 bits per heavy atom. The minimum atomic E-state index is -0.224. The van der Waals surface area contributed by atoms with Crippen LogP contribution in [-0.2, 0) is 12.8 Å². The second kappa shape index (κ2) is 5.47. The second-order valence-electron chi connectivity index (χ2n) is 4.90. The maximum Gasteiger partial charge on any atom is 0.276 e. The van der Waals surface area contributed by atoms with E-state index >= 15 is 0 Å². The van der Waals surface area contributed by atoms with Crippen LogP contribution < -0.4 is 14.8 Å². The number of fused-ring (bicyclic) bond motifs is 1. The number of H-pyrrole nitrogens is 1. The number of aryl methyl sites for hydroxylation is 1. The number of carbonyl (C=O) groups excluding carboxylic acids is 1. The van der Waals surface area contributed by atoms with Crippen molar-refractivity contribution < 1.29 is 14.3 Å². The number of aromatic nitrogens is 2. The predicted molar refractivity (Wildman–Crippen MR) is 78.1 cm³/mol. The van der Waals surface area contributed by atoms with Crippen molar-refractivity contribution in [3.63, 3.8) is 0 Å². The quantitative estimate of drug-likeness (QED) is 0.903. The van der Waals surface area contributed by atoms with Crippen LogP contribution in [0.4, 0.5) is 5.69 Å². The van der Waals surface area contributed by atoms with Gasteiger partial charge in [-0.3, -0.25) is 9.89 Å². The van der Waals surface area contributed by atoms with Gasteiger partial charge in [0.05, 0.1) is 19.9 Å². The molecule has 1 aromatic heterocycles. The van der Waals surface area contributed by atoms with E-state index in [0.29, 0.717) is 22.9 Å². The smallest absolute Gasteiger partial charge is 0.276 e. The molecule has 6 nitrogen and oxygen atoms in total. The molecule has 2 N–H and O–H groups in total. The third-order valence-corrected chi connectivity index (χ3v) is 3.68. The lowest BCUT2D eigenvalue weighted by atomic mass is 10.2. The largest absolute Gasteiger partial charge is 0.497 e. The Balaban J connectivity index is 1.84. The molecule has 0 aliphatic heterocycles. The van der Waals surface area contributed by atoms with Crippen LogP contribution >= 0.6 is 0 Å². The minimum absolute atomic E-state index is 0.224. The molecule has 0 atom stereocenters. The van der Waals surface area contributed by atoms with Gasteiger partial charge in [0.25, 0.3) is 5.91 Å². The molecular weight excluding hydrogens is 270 g/mol. The molecule has 1 aliphatic carbocycles. The fraction of sp³-hybridized carbons (Fsp3) is 0.333. The summed E-state index contributed by atoms with van der Waals surface area (Å²) in [5.74, 6) is 0.998. The van der Waals surface area contributed by atoms with E-state index in [1.807, 2.05) is 0 Å². The van der Waals surface area contributed by atoms with Crippen molar-refractivity contribution in [3.05, 3.63) is 35.2 Å². The van der Waals surface area contributed by atoms with Gasteiger partial charge < -0.3 is 14.8 Å². The highest BCUT2D eigenvalue weighted by molar-refractivity contribution is 6.04. The van der Waals surface area contributed by atoms with Gasteiger partial charge in [0.15, 0.2) is 5.69 Å². The maximum absolute atomic E-state index is 12.4. The molecule has 0 saturated carbocycles. The van der Waals surface area contributed by atoms with Crippen LogP contribution in [0.3, 0.4) is 0 Å². The molecule has 0 fully saturated rings.